The average Bonchev–Trinajstić information content (AvgIpc) is 2.16. The Hall–Kier alpha value is -0.130. The van der Waals surface area contributed by atoms with Crippen molar-refractivity contribution < 1.29 is 8.42 Å². The first-order chi connectivity index (χ1) is 6.81. The molecule has 0 spiro atoms. The maximum absolute atomic E-state index is 11.9. The molecule has 0 aromatic rings. The fourth-order valence-corrected chi connectivity index (χ4v) is 3.35. The van der Waals surface area contributed by atoms with Crippen LogP contribution >= 0.6 is 0 Å². The Labute approximate surface area is 93.1 Å². The summed E-state index contributed by atoms with van der Waals surface area (Å²) in [6.07, 6.45) is 0.721. The van der Waals surface area contributed by atoms with Crippen molar-refractivity contribution in [1.29, 1.82) is 0 Å². The molecule has 0 aromatic heterocycles. The Bertz CT molecular complexity index is 287. The largest absolute Gasteiger partial charge is 0.314 e. The monoisotopic (exact) mass is 234 g/mol. The fourth-order valence-electron chi connectivity index (χ4n) is 1.49. The Kier molecular flexibility index (Phi) is 4.14. The van der Waals surface area contributed by atoms with E-state index in [1.54, 1.807) is 4.31 Å². The molecule has 1 aliphatic heterocycles. The first-order valence-corrected chi connectivity index (χ1v) is 7.11. The lowest BCUT2D eigenvalue weighted by molar-refractivity contribution is 0.349. The van der Waals surface area contributed by atoms with Gasteiger partial charge in [0.1, 0.15) is 0 Å². The lowest BCUT2D eigenvalue weighted by Crippen LogP contribution is -2.47. The molecule has 1 N–H and O–H groups in total. The van der Waals surface area contributed by atoms with Gasteiger partial charge in [-0.05, 0) is 11.8 Å². The van der Waals surface area contributed by atoms with E-state index >= 15 is 0 Å². The van der Waals surface area contributed by atoms with Crippen LogP contribution in [0.1, 0.15) is 27.2 Å². The summed E-state index contributed by atoms with van der Waals surface area (Å²) in [7, 11) is -3.02. The molecule has 5 heteroatoms. The minimum absolute atomic E-state index is 0.0844. The van der Waals surface area contributed by atoms with Gasteiger partial charge >= 0.3 is 0 Å². The molecule has 15 heavy (non-hydrogen) atoms. The van der Waals surface area contributed by atoms with Gasteiger partial charge in [-0.25, -0.2) is 8.42 Å². The smallest absolute Gasteiger partial charge is 0.214 e. The Morgan fingerprint density at radius 3 is 2.20 bits per heavy atom. The van der Waals surface area contributed by atoms with Gasteiger partial charge in [-0.2, -0.15) is 4.31 Å². The van der Waals surface area contributed by atoms with Gasteiger partial charge in [-0.15, -0.1) is 0 Å². The van der Waals surface area contributed by atoms with Crippen LogP contribution < -0.4 is 5.32 Å². The molecular formula is C10H22N2O2S. The second-order valence-electron chi connectivity index (χ2n) is 5.28. The van der Waals surface area contributed by atoms with E-state index < -0.39 is 10.0 Å². The summed E-state index contributed by atoms with van der Waals surface area (Å²) >= 11 is 0. The molecule has 1 heterocycles. The highest BCUT2D eigenvalue weighted by Crippen LogP contribution is 2.20. The third kappa shape index (κ3) is 4.49. The van der Waals surface area contributed by atoms with Gasteiger partial charge in [-0.1, -0.05) is 20.8 Å². The Morgan fingerprint density at radius 2 is 1.73 bits per heavy atom. The molecule has 0 atom stereocenters. The van der Waals surface area contributed by atoms with E-state index in [2.05, 4.69) is 26.1 Å². The summed E-state index contributed by atoms with van der Waals surface area (Å²) in [6, 6.07) is 0. The predicted molar refractivity (Wildman–Crippen MR) is 62.3 cm³/mol. The molecule has 1 fully saturated rings. The van der Waals surface area contributed by atoms with Crippen LogP contribution in [0.4, 0.5) is 0 Å². The summed E-state index contributed by atoms with van der Waals surface area (Å²) in [5, 5.41) is 3.15. The van der Waals surface area contributed by atoms with Gasteiger partial charge in [0.05, 0.1) is 5.75 Å². The summed E-state index contributed by atoms with van der Waals surface area (Å²) < 4.78 is 25.5. The Balaban J connectivity index is 2.51. The zero-order valence-corrected chi connectivity index (χ0v) is 10.7. The molecule has 1 aliphatic rings. The average molecular weight is 234 g/mol. The van der Waals surface area contributed by atoms with Crippen LogP contribution in [0.5, 0.6) is 0 Å². The lowest BCUT2D eigenvalue weighted by Gasteiger charge is -2.28. The molecule has 1 rings (SSSR count). The highest BCUT2D eigenvalue weighted by atomic mass is 32.2. The number of nitrogens with zero attached hydrogens (tertiary/aromatic N) is 1. The molecule has 0 aliphatic carbocycles. The Morgan fingerprint density at radius 1 is 1.20 bits per heavy atom. The lowest BCUT2D eigenvalue weighted by atomic mass is 9.94. The fraction of sp³-hybridized carbons (Fsp3) is 1.00. The maximum atomic E-state index is 11.9. The number of nitrogens with one attached hydrogen (secondary N) is 1. The van der Waals surface area contributed by atoms with Gasteiger partial charge < -0.3 is 5.32 Å². The quantitative estimate of drug-likeness (QED) is 0.780. The van der Waals surface area contributed by atoms with E-state index in [4.69, 9.17) is 0 Å². The maximum Gasteiger partial charge on any atom is 0.214 e. The third-order valence-electron chi connectivity index (χ3n) is 2.58. The first-order valence-electron chi connectivity index (χ1n) is 5.50. The normalized spacial score (nSPS) is 20.5. The number of rotatable bonds is 3. The van der Waals surface area contributed by atoms with Crippen LogP contribution in [0.2, 0.25) is 0 Å². The molecular weight excluding hydrogens is 212 g/mol. The molecule has 0 saturated carbocycles. The van der Waals surface area contributed by atoms with E-state index in [1.165, 1.54) is 0 Å². The standard InChI is InChI=1S/C10H22N2O2S/c1-10(2,3)4-9-15(13,14)12-7-5-11-6-8-12/h11H,4-9H2,1-3H3. The van der Waals surface area contributed by atoms with Crippen molar-refractivity contribution in [2.45, 2.75) is 27.2 Å². The van der Waals surface area contributed by atoms with Crippen LogP contribution in [0.25, 0.3) is 0 Å². The number of hydrogen-bond donors (Lipinski definition) is 1. The number of hydrogen-bond acceptors (Lipinski definition) is 3. The third-order valence-corrected chi connectivity index (χ3v) is 4.45. The van der Waals surface area contributed by atoms with Crippen LogP contribution in [0.15, 0.2) is 0 Å². The van der Waals surface area contributed by atoms with Crippen LogP contribution in [0, 0.1) is 5.41 Å². The van der Waals surface area contributed by atoms with Crippen molar-refractivity contribution in [2.24, 2.45) is 5.41 Å². The van der Waals surface area contributed by atoms with Crippen molar-refractivity contribution in [2.75, 3.05) is 31.9 Å². The SMILES string of the molecule is CC(C)(C)CCS(=O)(=O)N1CCNCC1. The minimum Gasteiger partial charge on any atom is -0.314 e. The van der Waals surface area contributed by atoms with E-state index in [-0.39, 0.29) is 11.2 Å². The van der Waals surface area contributed by atoms with Gasteiger partial charge in [0.2, 0.25) is 10.0 Å². The van der Waals surface area contributed by atoms with Crippen LogP contribution in [-0.2, 0) is 10.0 Å². The van der Waals surface area contributed by atoms with Crippen molar-refractivity contribution in [3.63, 3.8) is 0 Å². The van der Waals surface area contributed by atoms with Crippen molar-refractivity contribution in [1.82, 2.24) is 9.62 Å². The van der Waals surface area contributed by atoms with Crippen LogP contribution in [0.3, 0.4) is 0 Å². The minimum atomic E-state index is -3.02. The highest BCUT2D eigenvalue weighted by molar-refractivity contribution is 7.89. The molecule has 0 amide bonds. The molecule has 90 valence electrons. The summed E-state index contributed by atoms with van der Waals surface area (Å²) in [5.41, 5.74) is 0.0844. The molecule has 4 nitrogen and oxygen atoms in total. The van der Waals surface area contributed by atoms with Gasteiger partial charge in [0.25, 0.3) is 0 Å². The topological polar surface area (TPSA) is 49.4 Å². The number of piperazine rings is 1. The van der Waals surface area contributed by atoms with E-state index in [1.807, 2.05) is 0 Å². The second-order valence-corrected chi connectivity index (χ2v) is 7.36. The van der Waals surface area contributed by atoms with Crippen molar-refractivity contribution in [3.8, 4) is 0 Å². The predicted octanol–water partition coefficient (Wildman–Crippen LogP) is 0.658. The van der Waals surface area contributed by atoms with Crippen LogP contribution in [-0.4, -0.2) is 44.7 Å². The zero-order valence-electron chi connectivity index (χ0n) is 9.91. The summed E-state index contributed by atoms with van der Waals surface area (Å²) in [4.78, 5) is 0. The number of sulfonamides is 1. The van der Waals surface area contributed by atoms with E-state index in [9.17, 15) is 8.42 Å². The van der Waals surface area contributed by atoms with E-state index in [0.717, 1.165) is 19.5 Å². The highest BCUT2D eigenvalue weighted by Gasteiger charge is 2.25. The zero-order chi connectivity index (χ0) is 11.5. The summed E-state index contributed by atoms with van der Waals surface area (Å²) in [6.45, 7) is 8.99. The van der Waals surface area contributed by atoms with Crippen molar-refractivity contribution >= 4 is 10.0 Å². The molecule has 0 bridgehead atoms. The molecule has 1 saturated heterocycles. The molecule has 0 aromatic carbocycles. The molecule has 0 unspecified atom stereocenters. The van der Waals surface area contributed by atoms with Gasteiger partial charge in [-0.3, -0.25) is 0 Å². The molecule has 0 radical (unpaired) electrons. The van der Waals surface area contributed by atoms with Gasteiger partial charge in [0.15, 0.2) is 0 Å². The second kappa shape index (κ2) is 4.80. The summed E-state index contributed by atoms with van der Waals surface area (Å²) in [5.74, 6) is 0.274. The first kappa shape index (κ1) is 12.9. The van der Waals surface area contributed by atoms with Gasteiger partial charge in [0, 0.05) is 26.2 Å². The van der Waals surface area contributed by atoms with Crippen molar-refractivity contribution in [3.05, 3.63) is 0 Å². The van der Waals surface area contributed by atoms with E-state index in [0.29, 0.717) is 13.1 Å².